The second-order valence-corrected chi connectivity index (χ2v) is 3.85. The third-order valence-corrected chi connectivity index (χ3v) is 2.40. The zero-order valence-electron chi connectivity index (χ0n) is 10.2. The molecule has 17 heavy (non-hydrogen) atoms. The Morgan fingerprint density at radius 3 is 2.94 bits per heavy atom. The van der Waals surface area contributed by atoms with E-state index in [4.69, 9.17) is 15.0 Å². The first-order chi connectivity index (χ1) is 8.27. The van der Waals surface area contributed by atoms with E-state index in [-0.39, 0.29) is 5.76 Å². The number of nitrogens with two attached hydrogens (primary N) is 1. The number of carbonyl (C=O) groups excluding carboxylic acids is 1. The molecule has 1 rings (SSSR count). The summed E-state index contributed by atoms with van der Waals surface area (Å²) in [4.78, 5) is 11.1. The van der Waals surface area contributed by atoms with Gasteiger partial charge in [-0.1, -0.05) is 26.2 Å². The van der Waals surface area contributed by atoms with Gasteiger partial charge in [0.05, 0.1) is 0 Å². The summed E-state index contributed by atoms with van der Waals surface area (Å²) in [7, 11) is 0. The molecule has 1 heterocycles. The standard InChI is InChI=1S/C12H20N2O3/c1-2-3-4-5-8-16-9-10-6-7-11(17-10)12(15)14-13/h6-7H,2-5,8-9,13H2,1H3,(H,14,15). The molecule has 0 saturated carbocycles. The molecule has 0 aliphatic carbocycles. The molecular formula is C12H20N2O3. The summed E-state index contributed by atoms with van der Waals surface area (Å²) >= 11 is 0. The molecule has 5 nitrogen and oxygen atoms in total. The molecule has 0 atom stereocenters. The van der Waals surface area contributed by atoms with Crippen LogP contribution in [-0.2, 0) is 11.3 Å². The van der Waals surface area contributed by atoms with E-state index in [1.165, 1.54) is 19.3 Å². The predicted octanol–water partition coefficient (Wildman–Crippen LogP) is 1.98. The highest BCUT2D eigenvalue weighted by Gasteiger charge is 2.08. The van der Waals surface area contributed by atoms with Gasteiger partial charge in [-0.25, -0.2) is 5.84 Å². The van der Waals surface area contributed by atoms with E-state index in [0.29, 0.717) is 12.4 Å². The van der Waals surface area contributed by atoms with Gasteiger partial charge in [0.1, 0.15) is 12.4 Å². The van der Waals surface area contributed by atoms with Crippen LogP contribution in [0.5, 0.6) is 0 Å². The van der Waals surface area contributed by atoms with Gasteiger partial charge in [-0.15, -0.1) is 0 Å². The van der Waals surface area contributed by atoms with Crippen LogP contribution >= 0.6 is 0 Å². The molecule has 0 bridgehead atoms. The Morgan fingerprint density at radius 2 is 2.24 bits per heavy atom. The maximum atomic E-state index is 11.1. The van der Waals surface area contributed by atoms with Gasteiger partial charge in [-0.05, 0) is 18.6 Å². The van der Waals surface area contributed by atoms with Crippen LogP contribution in [0.1, 0.15) is 48.9 Å². The minimum absolute atomic E-state index is 0.206. The zero-order chi connectivity index (χ0) is 12.5. The second kappa shape index (κ2) is 7.86. The Hall–Kier alpha value is -1.33. The highest BCUT2D eigenvalue weighted by Crippen LogP contribution is 2.09. The number of carbonyl (C=O) groups is 1. The largest absolute Gasteiger partial charge is 0.453 e. The lowest BCUT2D eigenvalue weighted by molar-refractivity contribution is 0.0889. The molecule has 0 radical (unpaired) electrons. The summed E-state index contributed by atoms with van der Waals surface area (Å²) < 4.78 is 10.7. The Kier molecular flexibility index (Phi) is 6.35. The smallest absolute Gasteiger partial charge is 0.300 e. The van der Waals surface area contributed by atoms with Crippen LogP contribution in [0.25, 0.3) is 0 Å². The lowest BCUT2D eigenvalue weighted by Gasteiger charge is -2.01. The highest BCUT2D eigenvalue weighted by atomic mass is 16.5. The van der Waals surface area contributed by atoms with E-state index in [0.717, 1.165) is 13.0 Å². The van der Waals surface area contributed by atoms with Crippen molar-refractivity contribution in [3.05, 3.63) is 23.7 Å². The van der Waals surface area contributed by atoms with Crippen molar-refractivity contribution in [2.24, 2.45) is 5.84 Å². The molecule has 0 aromatic carbocycles. The molecule has 3 N–H and O–H groups in total. The molecule has 0 saturated heterocycles. The van der Waals surface area contributed by atoms with Crippen LogP contribution in [0.4, 0.5) is 0 Å². The summed E-state index contributed by atoms with van der Waals surface area (Å²) in [6.07, 6.45) is 4.71. The zero-order valence-corrected chi connectivity index (χ0v) is 10.2. The van der Waals surface area contributed by atoms with Crippen LogP contribution in [-0.4, -0.2) is 12.5 Å². The van der Waals surface area contributed by atoms with Gasteiger partial charge >= 0.3 is 5.91 Å². The topological polar surface area (TPSA) is 77.5 Å². The number of ether oxygens (including phenoxy) is 1. The molecule has 5 heteroatoms. The molecule has 96 valence electrons. The Morgan fingerprint density at radius 1 is 1.41 bits per heavy atom. The first-order valence-electron chi connectivity index (χ1n) is 5.95. The van der Waals surface area contributed by atoms with Gasteiger partial charge in [-0.3, -0.25) is 10.2 Å². The fourth-order valence-corrected chi connectivity index (χ4v) is 1.45. The van der Waals surface area contributed by atoms with Crippen LogP contribution in [0.2, 0.25) is 0 Å². The van der Waals surface area contributed by atoms with Gasteiger partial charge in [-0.2, -0.15) is 0 Å². The quantitative estimate of drug-likeness (QED) is 0.315. The van der Waals surface area contributed by atoms with Gasteiger partial charge in [0.15, 0.2) is 5.76 Å². The number of hydrazine groups is 1. The molecule has 0 fully saturated rings. The van der Waals surface area contributed by atoms with Crippen LogP contribution < -0.4 is 11.3 Å². The van der Waals surface area contributed by atoms with Gasteiger partial charge in [0.2, 0.25) is 0 Å². The maximum Gasteiger partial charge on any atom is 0.300 e. The van der Waals surface area contributed by atoms with Crippen LogP contribution in [0.15, 0.2) is 16.5 Å². The van der Waals surface area contributed by atoms with Crippen molar-refractivity contribution in [3.63, 3.8) is 0 Å². The van der Waals surface area contributed by atoms with Gasteiger partial charge < -0.3 is 9.15 Å². The number of hydrogen-bond acceptors (Lipinski definition) is 4. The first kappa shape index (κ1) is 13.7. The number of hydrogen-bond donors (Lipinski definition) is 2. The van der Waals surface area contributed by atoms with Crippen molar-refractivity contribution < 1.29 is 13.9 Å². The van der Waals surface area contributed by atoms with Crippen molar-refractivity contribution in [2.45, 2.75) is 39.2 Å². The Bertz CT molecular complexity index is 336. The third kappa shape index (κ3) is 5.01. The minimum Gasteiger partial charge on any atom is -0.453 e. The molecule has 0 spiro atoms. The van der Waals surface area contributed by atoms with E-state index in [1.54, 1.807) is 12.1 Å². The van der Waals surface area contributed by atoms with Crippen LogP contribution in [0.3, 0.4) is 0 Å². The summed E-state index contributed by atoms with van der Waals surface area (Å²) in [5.74, 6) is 5.40. The van der Waals surface area contributed by atoms with Gasteiger partial charge in [0, 0.05) is 6.61 Å². The molecule has 0 unspecified atom stereocenters. The summed E-state index contributed by atoms with van der Waals surface area (Å²) in [6.45, 7) is 3.29. The van der Waals surface area contributed by atoms with E-state index in [1.807, 2.05) is 5.43 Å². The maximum absolute atomic E-state index is 11.1. The Labute approximate surface area is 101 Å². The molecule has 1 aromatic rings. The van der Waals surface area contributed by atoms with Crippen molar-refractivity contribution in [1.82, 2.24) is 5.43 Å². The van der Waals surface area contributed by atoms with E-state index in [2.05, 4.69) is 6.92 Å². The predicted molar refractivity (Wildman–Crippen MR) is 64.2 cm³/mol. The third-order valence-electron chi connectivity index (χ3n) is 2.40. The molecule has 1 amide bonds. The first-order valence-corrected chi connectivity index (χ1v) is 5.95. The lowest BCUT2D eigenvalue weighted by Crippen LogP contribution is -2.29. The van der Waals surface area contributed by atoms with E-state index >= 15 is 0 Å². The minimum atomic E-state index is -0.431. The Balaban J connectivity index is 2.19. The van der Waals surface area contributed by atoms with Crippen molar-refractivity contribution in [1.29, 1.82) is 0 Å². The number of furan rings is 1. The van der Waals surface area contributed by atoms with Crippen LogP contribution in [0, 0.1) is 0 Å². The fraction of sp³-hybridized carbons (Fsp3) is 0.583. The average Bonchev–Trinajstić information content (AvgIpc) is 2.81. The van der Waals surface area contributed by atoms with Crippen molar-refractivity contribution in [3.8, 4) is 0 Å². The molecule has 1 aromatic heterocycles. The van der Waals surface area contributed by atoms with Crippen molar-refractivity contribution in [2.75, 3.05) is 6.61 Å². The van der Waals surface area contributed by atoms with Gasteiger partial charge in [0.25, 0.3) is 0 Å². The number of unbranched alkanes of at least 4 members (excludes halogenated alkanes) is 3. The number of nitrogens with one attached hydrogen (secondary N) is 1. The van der Waals surface area contributed by atoms with E-state index in [9.17, 15) is 4.79 Å². The second-order valence-electron chi connectivity index (χ2n) is 3.85. The molecule has 0 aliphatic heterocycles. The summed E-state index contributed by atoms with van der Waals surface area (Å²) in [5, 5.41) is 0. The monoisotopic (exact) mass is 240 g/mol. The molecular weight excluding hydrogens is 220 g/mol. The molecule has 0 aliphatic rings. The summed E-state index contributed by atoms with van der Waals surface area (Å²) in [6, 6.07) is 3.30. The number of nitrogen functional groups attached to an aromatic ring is 1. The number of rotatable bonds is 8. The van der Waals surface area contributed by atoms with E-state index < -0.39 is 5.91 Å². The number of amides is 1. The van der Waals surface area contributed by atoms with Crippen molar-refractivity contribution >= 4 is 5.91 Å². The average molecular weight is 240 g/mol. The summed E-state index contributed by atoms with van der Waals surface area (Å²) in [5.41, 5.74) is 2.01. The SMILES string of the molecule is CCCCCCOCc1ccc(C(=O)NN)o1. The fourth-order valence-electron chi connectivity index (χ4n) is 1.45. The lowest BCUT2D eigenvalue weighted by atomic mass is 10.2. The normalized spacial score (nSPS) is 10.5. The highest BCUT2D eigenvalue weighted by molar-refractivity contribution is 5.90.